The van der Waals surface area contributed by atoms with Gasteiger partial charge in [-0.15, -0.1) is 0 Å². The van der Waals surface area contributed by atoms with Crippen molar-refractivity contribution >= 4 is 49.0 Å². The average molecular weight is 549 g/mol. The normalized spacial score (nSPS) is 12.1. The zero-order chi connectivity index (χ0) is 22.6. The Hall–Kier alpha value is -1.99. The Balaban J connectivity index is 1.95. The lowest BCUT2D eigenvalue weighted by molar-refractivity contribution is 0.197. The van der Waals surface area contributed by atoms with E-state index in [1.807, 2.05) is 30.3 Å². The number of ether oxygens (including phenoxy) is 1. The number of nitrogens with zero attached hydrogens (tertiary/aromatic N) is 3. The third-order valence-electron chi connectivity index (χ3n) is 4.57. The minimum absolute atomic E-state index is 0.0771. The van der Waals surface area contributed by atoms with Gasteiger partial charge < -0.3 is 4.74 Å². The van der Waals surface area contributed by atoms with Crippen LogP contribution in [0.5, 0.6) is 5.75 Å². The Morgan fingerprint density at radius 1 is 1.16 bits per heavy atom. The van der Waals surface area contributed by atoms with Crippen molar-refractivity contribution < 1.29 is 4.74 Å². The van der Waals surface area contributed by atoms with Gasteiger partial charge in [0.15, 0.2) is 0 Å². The Morgan fingerprint density at radius 3 is 2.61 bits per heavy atom. The summed E-state index contributed by atoms with van der Waals surface area (Å²) >= 11 is 7.01. The van der Waals surface area contributed by atoms with Gasteiger partial charge in [0.25, 0.3) is 5.56 Å². The summed E-state index contributed by atoms with van der Waals surface area (Å²) in [4.78, 5) is 17.9. The monoisotopic (exact) mass is 547 g/mol. The van der Waals surface area contributed by atoms with Crippen LogP contribution < -0.4 is 10.3 Å². The molecule has 7 heteroatoms. The smallest absolute Gasteiger partial charge is 0.282 e. The molecule has 3 aromatic rings. The standard InChI is InChI=1S/C24H27Br2N3O2/c1-5-6-7-22-28-20-10-9-17(25)13-18(20)23(30)29(22)27-14-16-8-11-21(19(26)12-16)31-15-24(2,3)4/h8-14H,5-7,15H2,1-4H3. The predicted molar refractivity (Wildman–Crippen MR) is 134 cm³/mol. The van der Waals surface area contributed by atoms with Crippen LogP contribution in [-0.4, -0.2) is 22.5 Å². The van der Waals surface area contributed by atoms with Crippen molar-refractivity contribution in [3.63, 3.8) is 0 Å². The molecule has 0 aliphatic heterocycles. The first kappa shape index (κ1) is 23.7. The summed E-state index contributed by atoms with van der Waals surface area (Å²) in [7, 11) is 0. The quantitative estimate of drug-likeness (QED) is 0.314. The first-order valence-electron chi connectivity index (χ1n) is 10.4. The van der Waals surface area contributed by atoms with Crippen molar-refractivity contribution in [1.29, 1.82) is 0 Å². The molecule has 0 saturated heterocycles. The van der Waals surface area contributed by atoms with Crippen molar-refractivity contribution in [2.45, 2.75) is 47.0 Å². The summed E-state index contributed by atoms with van der Waals surface area (Å²) in [6, 6.07) is 11.3. The molecule has 0 N–H and O–H groups in total. The zero-order valence-corrected chi connectivity index (χ0v) is 21.5. The van der Waals surface area contributed by atoms with E-state index >= 15 is 0 Å². The third-order valence-corrected chi connectivity index (χ3v) is 5.68. The van der Waals surface area contributed by atoms with Crippen LogP contribution in [-0.2, 0) is 6.42 Å². The van der Waals surface area contributed by atoms with Crippen LogP contribution in [0.3, 0.4) is 0 Å². The van der Waals surface area contributed by atoms with Crippen molar-refractivity contribution in [3.05, 3.63) is 67.1 Å². The van der Waals surface area contributed by atoms with Crippen molar-refractivity contribution in [3.8, 4) is 5.75 Å². The highest BCUT2D eigenvalue weighted by Gasteiger charge is 2.13. The minimum Gasteiger partial charge on any atom is -0.492 e. The lowest BCUT2D eigenvalue weighted by Gasteiger charge is -2.19. The summed E-state index contributed by atoms with van der Waals surface area (Å²) in [5, 5.41) is 5.05. The van der Waals surface area contributed by atoms with E-state index in [1.165, 1.54) is 4.68 Å². The molecule has 5 nitrogen and oxygen atoms in total. The van der Waals surface area contributed by atoms with Crippen LogP contribution in [0, 0.1) is 5.41 Å². The maximum Gasteiger partial charge on any atom is 0.282 e. The molecular weight excluding hydrogens is 522 g/mol. The van der Waals surface area contributed by atoms with Crippen LogP contribution in [0.1, 0.15) is 51.9 Å². The molecule has 31 heavy (non-hydrogen) atoms. The molecule has 1 aromatic heterocycles. The van der Waals surface area contributed by atoms with E-state index in [0.29, 0.717) is 29.8 Å². The van der Waals surface area contributed by atoms with E-state index in [4.69, 9.17) is 9.72 Å². The summed E-state index contributed by atoms with van der Waals surface area (Å²) in [5.74, 6) is 1.45. The highest BCUT2D eigenvalue weighted by atomic mass is 79.9. The molecule has 1 heterocycles. The van der Waals surface area contributed by atoms with Crippen molar-refractivity contribution in [1.82, 2.24) is 9.66 Å². The molecule has 164 valence electrons. The second-order valence-corrected chi connectivity index (χ2v) is 10.5. The van der Waals surface area contributed by atoms with Gasteiger partial charge in [0.05, 0.1) is 28.2 Å². The summed E-state index contributed by atoms with van der Waals surface area (Å²) < 4.78 is 9.00. The fraction of sp³-hybridized carbons (Fsp3) is 0.375. The average Bonchev–Trinajstić information content (AvgIpc) is 2.71. The number of halogens is 2. The van der Waals surface area contributed by atoms with Gasteiger partial charge in [-0.2, -0.15) is 9.78 Å². The number of benzene rings is 2. The molecule has 0 bridgehead atoms. The van der Waals surface area contributed by atoms with Crippen LogP contribution in [0.2, 0.25) is 0 Å². The summed E-state index contributed by atoms with van der Waals surface area (Å²) in [5.41, 5.74) is 1.46. The summed E-state index contributed by atoms with van der Waals surface area (Å²) in [6.07, 6.45) is 4.33. The topological polar surface area (TPSA) is 56.5 Å². The van der Waals surface area contributed by atoms with Gasteiger partial charge in [0, 0.05) is 10.9 Å². The molecule has 0 unspecified atom stereocenters. The molecule has 0 amide bonds. The van der Waals surface area contributed by atoms with Gasteiger partial charge in [-0.25, -0.2) is 4.98 Å². The van der Waals surface area contributed by atoms with Gasteiger partial charge in [0.1, 0.15) is 11.6 Å². The molecule has 0 radical (unpaired) electrons. The highest BCUT2D eigenvalue weighted by Crippen LogP contribution is 2.27. The van der Waals surface area contributed by atoms with E-state index in [1.54, 1.807) is 12.3 Å². The van der Waals surface area contributed by atoms with Crippen LogP contribution in [0.4, 0.5) is 0 Å². The molecule has 0 aliphatic rings. The van der Waals surface area contributed by atoms with E-state index in [-0.39, 0.29) is 11.0 Å². The Labute approximate surface area is 199 Å². The first-order chi connectivity index (χ1) is 14.7. The number of unbranched alkanes of at least 4 members (excludes halogenated alkanes) is 1. The molecule has 0 fully saturated rings. The van der Waals surface area contributed by atoms with Gasteiger partial charge in [-0.05, 0) is 69.7 Å². The third kappa shape index (κ3) is 6.26. The fourth-order valence-electron chi connectivity index (χ4n) is 2.94. The number of aryl methyl sites for hydroxylation is 1. The fourth-order valence-corrected chi connectivity index (χ4v) is 3.82. The van der Waals surface area contributed by atoms with Crippen LogP contribution >= 0.6 is 31.9 Å². The van der Waals surface area contributed by atoms with Gasteiger partial charge in [-0.1, -0.05) is 50.0 Å². The SMILES string of the molecule is CCCCc1nc2ccc(Br)cc2c(=O)n1N=Cc1ccc(OCC(C)(C)C)c(Br)c1. The largest absolute Gasteiger partial charge is 0.492 e. The van der Waals surface area contributed by atoms with E-state index < -0.39 is 0 Å². The molecule has 0 spiro atoms. The van der Waals surface area contributed by atoms with Crippen molar-refractivity contribution in [2.24, 2.45) is 10.5 Å². The van der Waals surface area contributed by atoms with Gasteiger partial charge >= 0.3 is 0 Å². The number of fused-ring (bicyclic) bond motifs is 1. The first-order valence-corrected chi connectivity index (χ1v) is 11.9. The maximum atomic E-state index is 13.1. The number of aromatic nitrogens is 2. The second kappa shape index (κ2) is 10.1. The lowest BCUT2D eigenvalue weighted by Crippen LogP contribution is -2.22. The molecular formula is C24H27Br2N3O2. The van der Waals surface area contributed by atoms with Crippen LogP contribution in [0.25, 0.3) is 10.9 Å². The Morgan fingerprint density at radius 2 is 1.94 bits per heavy atom. The minimum atomic E-state index is -0.169. The number of rotatable bonds is 7. The van der Waals surface area contributed by atoms with Gasteiger partial charge in [-0.3, -0.25) is 4.79 Å². The zero-order valence-electron chi connectivity index (χ0n) is 18.3. The Bertz CT molecular complexity index is 1160. The maximum absolute atomic E-state index is 13.1. The molecule has 0 aliphatic carbocycles. The predicted octanol–water partition coefficient (Wildman–Crippen LogP) is 6.57. The summed E-state index contributed by atoms with van der Waals surface area (Å²) in [6.45, 7) is 9.13. The molecule has 0 atom stereocenters. The molecule has 0 saturated carbocycles. The van der Waals surface area contributed by atoms with E-state index in [0.717, 1.165) is 33.1 Å². The molecule has 3 rings (SSSR count). The lowest BCUT2D eigenvalue weighted by atomic mass is 9.99. The molecule has 2 aromatic carbocycles. The van der Waals surface area contributed by atoms with Gasteiger partial charge in [0.2, 0.25) is 0 Å². The van der Waals surface area contributed by atoms with Crippen molar-refractivity contribution in [2.75, 3.05) is 6.61 Å². The Kier molecular flexibility index (Phi) is 7.70. The van der Waals surface area contributed by atoms with E-state index in [2.05, 4.69) is 64.7 Å². The number of hydrogen-bond donors (Lipinski definition) is 0. The second-order valence-electron chi connectivity index (χ2n) is 8.69. The highest BCUT2D eigenvalue weighted by molar-refractivity contribution is 9.10. The number of hydrogen-bond acceptors (Lipinski definition) is 4. The van der Waals surface area contributed by atoms with E-state index in [9.17, 15) is 4.79 Å². The van der Waals surface area contributed by atoms with Crippen LogP contribution in [0.15, 0.2) is 55.2 Å².